The number of ether oxygens (including phenoxy) is 2. The lowest BCUT2D eigenvalue weighted by Gasteiger charge is -2.14. The molecule has 9 nitrogen and oxygen atoms in total. The van der Waals surface area contributed by atoms with Crippen LogP contribution < -0.4 is 10.1 Å². The van der Waals surface area contributed by atoms with Crippen molar-refractivity contribution < 1.29 is 19.1 Å². The molecule has 0 fully saturated rings. The Bertz CT molecular complexity index is 1130. The molecule has 36 heavy (non-hydrogen) atoms. The second kappa shape index (κ2) is 14.2. The summed E-state index contributed by atoms with van der Waals surface area (Å²) in [5.41, 5.74) is 2.80. The topological polar surface area (TPSA) is 98.6 Å². The molecule has 0 radical (unpaired) electrons. The molecule has 9 heteroatoms. The second-order valence-electron chi connectivity index (χ2n) is 9.02. The van der Waals surface area contributed by atoms with Gasteiger partial charge in [-0.2, -0.15) is 0 Å². The zero-order valence-electron chi connectivity index (χ0n) is 21.5. The third-order valence-electron chi connectivity index (χ3n) is 5.88. The smallest absolute Gasteiger partial charge is 0.305 e. The number of esters is 1. The predicted octanol–water partition coefficient (Wildman–Crippen LogP) is 3.66. The highest BCUT2D eigenvalue weighted by atomic mass is 16.5. The number of likely N-dealkylation sites (N-methyl/N-ethyl adjacent to an activating group) is 1. The maximum Gasteiger partial charge on any atom is 0.305 e. The number of carbonyl (C=O) groups excluding carboxylic acids is 2. The number of carbonyl (C=O) groups is 2. The number of imidazole rings is 1. The Morgan fingerprint density at radius 1 is 1.03 bits per heavy atom. The van der Waals surface area contributed by atoms with Crippen LogP contribution in [-0.2, 0) is 16.1 Å². The van der Waals surface area contributed by atoms with Crippen LogP contribution in [0.25, 0.3) is 11.2 Å². The van der Waals surface area contributed by atoms with Gasteiger partial charge in [0.15, 0.2) is 5.65 Å². The maximum atomic E-state index is 12.7. The number of amides is 1. The summed E-state index contributed by atoms with van der Waals surface area (Å²) in [6, 6.07) is 11.5. The number of nitrogens with one attached hydrogen (secondary N) is 1. The first-order chi connectivity index (χ1) is 17.5. The highest BCUT2D eigenvalue weighted by Gasteiger charge is 2.13. The van der Waals surface area contributed by atoms with Gasteiger partial charge in [-0.15, -0.1) is 0 Å². The highest BCUT2D eigenvalue weighted by molar-refractivity contribution is 5.94. The van der Waals surface area contributed by atoms with Crippen molar-refractivity contribution in [2.24, 2.45) is 0 Å². The summed E-state index contributed by atoms with van der Waals surface area (Å²) in [6.07, 6.45) is 6.93. The molecule has 2 aromatic heterocycles. The first kappa shape index (κ1) is 27.1. The van der Waals surface area contributed by atoms with Gasteiger partial charge in [0, 0.05) is 25.1 Å². The molecular weight excluding hydrogens is 458 g/mol. The highest BCUT2D eigenvalue weighted by Crippen LogP contribution is 2.21. The quantitative estimate of drug-likeness (QED) is 0.254. The van der Waals surface area contributed by atoms with Crippen molar-refractivity contribution in [2.45, 2.75) is 45.1 Å². The van der Waals surface area contributed by atoms with E-state index in [-0.39, 0.29) is 11.9 Å². The van der Waals surface area contributed by atoms with E-state index in [4.69, 9.17) is 4.74 Å². The Morgan fingerprint density at radius 2 is 1.81 bits per heavy atom. The molecule has 0 saturated carbocycles. The Morgan fingerprint density at radius 3 is 2.61 bits per heavy atom. The Balaban J connectivity index is 1.53. The molecule has 0 atom stereocenters. The Labute approximate surface area is 212 Å². The van der Waals surface area contributed by atoms with Crippen molar-refractivity contribution in [3.05, 3.63) is 54.0 Å². The van der Waals surface area contributed by atoms with Gasteiger partial charge in [0.2, 0.25) is 0 Å². The van der Waals surface area contributed by atoms with Crippen LogP contribution in [0.4, 0.5) is 0 Å². The van der Waals surface area contributed by atoms with Gasteiger partial charge in [-0.05, 0) is 45.1 Å². The number of benzene rings is 1. The third kappa shape index (κ3) is 8.34. The van der Waals surface area contributed by atoms with Crippen molar-refractivity contribution in [2.75, 3.05) is 40.9 Å². The van der Waals surface area contributed by atoms with Gasteiger partial charge in [-0.1, -0.05) is 37.5 Å². The van der Waals surface area contributed by atoms with E-state index in [2.05, 4.69) is 24.9 Å². The third-order valence-corrected chi connectivity index (χ3v) is 5.88. The average molecular weight is 496 g/mol. The van der Waals surface area contributed by atoms with Crippen LogP contribution in [0.3, 0.4) is 0 Å². The summed E-state index contributed by atoms with van der Waals surface area (Å²) in [6.45, 7) is 2.57. The van der Waals surface area contributed by atoms with E-state index in [1.165, 1.54) is 7.11 Å². The molecule has 0 aliphatic rings. The molecule has 0 unspecified atom stereocenters. The molecule has 194 valence electrons. The summed E-state index contributed by atoms with van der Waals surface area (Å²) in [7, 11) is 5.44. The number of unbranched alkanes of at least 4 members (excludes halogenated alkanes) is 4. The molecule has 0 aliphatic heterocycles. The van der Waals surface area contributed by atoms with E-state index in [0.717, 1.165) is 55.5 Å². The number of hydrogen-bond acceptors (Lipinski definition) is 7. The molecule has 1 aromatic carbocycles. The lowest BCUT2D eigenvalue weighted by molar-refractivity contribution is -0.140. The van der Waals surface area contributed by atoms with Crippen LogP contribution in [0.2, 0.25) is 0 Å². The van der Waals surface area contributed by atoms with Crippen LogP contribution in [-0.4, -0.2) is 72.2 Å². The van der Waals surface area contributed by atoms with Crippen molar-refractivity contribution >= 4 is 23.0 Å². The zero-order chi connectivity index (χ0) is 25.8. The van der Waals surface area contributed by atoms with Gasteiger partial charge in [-0.25, -0.2) is 9.97 Å². The van der Waals surface area contributed by atoms with Crippen LogP contribution in [0, 0.1) is 0 Å². The molecule has 3 rings (SSSR count). The van der Waals surface area contributed by atoms with Gasteiger partial charge >= 0.3 is 5.97 Å². The molecule has 1 amide bonds. The number of hydrogen-bond donors (Lipinski definition) is 1. The maximum absolute atomic E-state index is 12.7. The predicted molar refractivity (Wildman–Crippen MR) is 139 cm³/mol. The van der Waals surface area contributed by atoms with Crippen LogP contribution in [0.15, 0.2) is 42.7 Å². The fourth-order valence-electron chi connectivity index (χ4n) is 3.80. The fraction of sp³-hybridized carbons (Fsp3) is 0.481. The average Bonchev–Trinajstić information content (AvgIpc) is 3.28. The van der Waals surface area contributed by atoms with Gasteiger partial charge in [-0.3, -0.25) is 9.59 Å². The number of pyridine rings is 1. The van der Waals surface area contributed by atoms with E-state index >= 15 is 0 Å². The SMILES string of the molecule is COC(=O)CCCCCCCNC(=O)c1ccc2ncn(Cc3ccccc3OCCN(C)C)c2n1. The largest absolute Gasteiger partial charge is 0.492 e. The van der Waals surface area contributed by atoms with Gasteiger partial charge in [0.25, 0.3) is 5.91 Å². The van der Waals surface area contributed by atoms with Crippen LogP contribution in [0.5, 0.6) is 5.75 Å². The molecule has 0 aliphatic carbocycles. The lowest BCUT2D eigenvalue weighted by atomic mass is 10.1. The zero-order valence-corrected chi connectivity index (χ0v) is 21.5. The summed E-state index contributed by atoms with van der Waals surface area (Å²) in [5.74, 6) is 0.480. The van der Waals surface area contributed by atoms with Crippen molar-refractivity contribution in [3.8, 4) is 5.75 Å². The van der Waals surface area contributed by atoms with E-state index in [1.54, 1.807) is 12.4 Å². The van der Waals surface area contributed by atoms with E-state index in [1.807, 2.05) is 49.0 Å². The lowest BCUT2D eigenvalue weighted by Crippen LogP contribution is -2.25. The molecule has 2 heterocycles. The van der Waals surface area contributed by atoms with Crippen LogP contribution >= 0.6 is 0 Å². The van der Waals surface area contributed by atoms with Crippen molar-refractivity contribution in [3.63, 3.8) is 0 Å². The monoisotopic (exact) mass is 495 g/mol. The fourth-order valence-corrected chi connectivity index (χ4v) is 3.80. The normalized spacial score (nSPS) is 11.1. The summed E-state index contributed by atoms with van der Waals surface area (Å²) < 4.78 is 12.6. The standard InChI is InChI=1S/C27H37N5O4/c1-31(2)17-18-36-24-12-9-8-11-21(24)19-32-20-29-22-14-15-23(30-26(22)32)27(34)28-16-10-6-4-5-7-13-25(33)35-3/h8-9,11-12,14-15,20H,4-7,10,13,16-19H2,1-3H3,(H,28,34). The van der Waals surface area contributed by atoms with Gasteiger partial charge < -0.3 is 24.3 Å². The van der Waals surface area contributed by atoms with E-state index < -0.39 is 0 Å². The number of para-hydroxylation sites is 1. The number of fused-ring (bicyclic) bond motifs is 1. The number of rotatable bonds is 15. The van der Waals surface area contributed by atoms with Gasteiger partial charge in [0.1, 0.15) is 23.6 Å². The molecule has 0 bridgehead atoms. The van der Waals surface area contributed by atoms with Crippen molar-refractivity contribution in [1.29, 1.82) is 0 Å². The van der Waals surface area contributed by atoms with Crippen molar-refractivity contribution in [1.82, 2.24) is 24.8 Å². The Kier molecular flexibility index (Phi) is 10.7. The molecule has 1 N–H and O–H groups in total. The number of methoxy groups -OCH3 is 1. The molecule has 0 spiro atoms. The Hall–Kier alpha value is -3.46. The van der Waals surface area contributed by atoms with E-state index in [0.29, 0.717) is 37.5 Å². The summed E-state index contributed by atoms with van der Waals surface area (Å²) in [5, 5.41) is 2.96. The second-order valence-corrected chi connectivity index (χ2v) is 9.02. The first-order valence-electron chi connectivity index (χ1n) is 12.5. The number of aromatic nitrogens is 3. The van der Waals surface area contributed by atoms with E-state index in [9.17, 15) is 9.59 Å². The molecular formula is C27H37N5O4. The minimum absolute atomic E-state index is 0.161. The number of nitrogens with zero attached hydrogens (tertiary/aromatic N) is 4. The minimum Gasteiger partial charge on any atom is -0.492 e. The first-order valence-corrected chi connectivity index (χ1v) is 12.5. The van der Waals surface area contributed by atoms with Gasteiger partial charge in [0.05, 0.1) is 20.0 Å². The molecule has 3 aromatic rings. The van der Waals surface area contributed by atoms with Crippen LogP contribution in [0.1, 0.15) is 54.6 Å². The molecule has 0 saturated heterocycles. The summed E-state index contributed by atoms with van der Waals surface area (Å²) >= 11 is 0. The summed E-state index contributed by atoms with van der Waals surface area (Å²) in [4.78, 5) is 34.9. The minimum atomic E-state index is -0.192.